The average Bonchev–Trinajstić information content (AvgIpc) is 3.33. The summed E-state index contributed by atoms with van der Waals surface area (Å²) in [5.41, 5.74) is 0.208. The lowest BCUT2D eigenvalue weighted by Crippen LogP contribution is -2.47. The normalized spacial score (nSPS) is 32.2. The van der Waals surface area contributed by atoms with Crippen LogP contribution in [0.1, 0.15) is 33.1 Å². The van der Waals surface area contributed by atoms with Gasteiger partial charge in [0.15, 0.2) is 0 Å². The van der Waals surface area contributed by atoms with Crippen molar-refractivity contribution in [2.24, 2.45) is 10.8 Å². The first kappa shape index (κ1) is 19.8. The SMILES string of the molecule is C[C@]12C[C@@H](Oc3ncc(-c4ccc(-n5ccnc5)cc4O)nn3)[C@H](F)[C@](C)(C[C@@H]1F)C2. The molecule has 2 fully saturated rings. The fourth-order valence-corrected chi connectivity index (χ4v) is 5.17. The molecule has 5 rings (SSSR count). The van der Waals surface area contributed by atoms with Crippen LogP contribution in [0.4, 0.5) is 8.78 Å². The molecule has 1 N–H and O–H groups in total. The van der Waals surface area contributed by atoms with Crippen molar-refractivity contribution in [3.63, 3.8) is 0 Å². The van der Waals surface area contributed by atoms with Crippen LogP contribution >= 0.6 is 0 Å². The highest BCUT2D eigenvalue weighted by Crippen LogP contribution is 2.60. The molecule has 0 amide bonds. The molecule has 0 unspecified atom stereocenters. The molecule has 9 heteroatoms. The number of aromatic nitrogens is 5. The summed E-state index contributed by atoms with van der Waals surface area (Å²) in [6, 6.07) is 5.04. The summed E-state index contributed by atoms with van der Waals surface area (Å²) >= 11 is 0. The monoisotopic (exact) mass is 427 g/mol. The van der Waals surface area contributed by atoms with Crippen LogP contribution < -0.4 is 4.74 Å². The minimum Gasteiger partial charge on any atom is -0.507 e. The summed E-state index contributed by atoms with van der Waals surface area (Å²) in [7, 11) is 0. The van der Waals surface area contributed by atoms with Crippen LogP contribution in [-0.4, -0.2) is 48.3 Å². The van der Waals surface area contributed by atoms with E-state index in [4.69, 9.17) is 4.74 Å². The molecule has 2 saturated carbocycles. The van der Waals surface area contributed by atoms with E-state index in [0.717, 1.165) is 5.69 Å². The molecule has 0 saturated heterocycles. The molecular formula is C22H23F2N5O2. The molecule has 2 aromatic heterocycles. The van der Waals surface area contributed by atoms with Gasteiger partial charge in [-0.1, -0.05) is 18.9 Å². The highest BCUT2D eigenvalue weighted by Gasteiger charge is 2.61. The van der Waals surface area contributed by atoms with Gasteiger partial charge in [0.1, 0.15) is 29.9 Å². The van der Waals surface area contributed by atoms with Crippen LogP contribution in [0.15, 0.2) is 43.1 Å². The molecule has 2 bridgehead atoms. The Morgan fingerprint density at radius 2 is 2.00 bits per heavy atom. The molecule has 2 heterocycles. The third kappa shape index (κ3) is 3.32. The molecule has 3 aromatic rings. The molecule has 0 radical (unpaired) electrons. The minimum atomic E-state index is -1.30. The predicted molar refractivity (Wildman–Crippen MR) is 108 cm³/mol. The van der Waals surface area contributed by atoms with Gasteiger partial charge in [-0.25, -0.2) is 18.7 Å². The molecule has 2 aliphatic rings. The van der Waals surface area contributed by atoms with E-state index in [1.165, 1.54) is 6.20 Å². The second-order valence-corrected chi connectivity index (χ2v) is 9.22. The molecule has 0 spiro atoms. The van der Waals surface area contributed by atoms with Crippen molar-refractivity contribution in [2.75, 3.05) is 0 Å². The average molecular weight is 427 g/mol. The van der Waals surface area contributed by atoms with Crippen molar-refractivity contribution < 1.29 is 18.6 Å². The van der Waals surface area contributed by atoms with Crippen molar-refractivity contribution in [2.45, 2.75) is 51.6 Å². The van der Waals surface area contributed by atoms with Crippen molar-refractivity contribution >= 4 is 0 Å². The first-order valence-corrected chi connectivity index (χ1v) is 10.2. The van der Waals surface area contributed by atoms with Gasteiger partial charge in [0.05, 0.1) is 18.2 Å². The summed E-state index contributed by atoms with van der Waals surface area (Å²) in [5.74, 6) is 0.0125. The highest BCUT2D eigenvalue weighted by molar-refractivity contribution is 5.67. The number of alkyl halides is 2. The van der Waals surface area contributed by atoms with Gasteiger partial charge in [0.2, 0.25) is 0 Å². The molecule has 0 aliphatic heterocycles. The Kier molecular flexibility index (Phi) is 4.46. The van der Waals surface area contributed by atoms with Crippen molar-refractivity contribution in [3.8, 4) is 28.7 Å². The largest absolute Gasteiger partial charge is 0.507 e. The quantitative estimate of drug-likeness (QED) is 0.676. The van der Waals surface area contributed by atoms with Gasteiger partial charge < -0.3 is 14.4 Å². The number of hydrogen-bond acceptors (Lipinski definition) is 6. The van der Waals surface area contributed by atoms with Crippen LogP contribution in [0.5, 0.6) is 11.8 Å². The zero-order valence-electron chi connectivity index (χ0n) is 17.2. The molecule has 5 atom stereocenters. The Balaban J connectivity index is 1.34. The van der Waals surface area contributed by atoms with Crippen LogP contribution in [-0.2, 0) is 0 Å². The second kappa shape index (κ2) is 6.96. The number of phenolic OH excluding ortho intramolecular Hbond substituents is 1. The lowest BCUT2D eigenvalue weighted by atomic mass is 9.68. The molecule has 7 nitrogen and oxygen atoms in total. The van der Waals surface area contributed by atoms with Gasteiger partial charge in [0.25, 0.3) is 0 Å². The third-order valence-corrected chi connectivity index (χ3v) is 6.73. The van der Waals surface area contributed by atoms with E-state index >= 15 is 4.39 Å². The maximum absolute atomic E-state index is 15.1. The van der Waals surface area contributed by atoms with Crippen molar-refractivity contribution in [3.05, 3.63) is 43.1 Å². The molecule has 162 valence electrons. The summed E-state index contributed by atoms with van der Waals surface area (Å²) in [6.45, 7) is 3.63. The number of ether oxygens (including phenoxy) is 1. The Morgan fingerprint density at radius 1 is 1.16 bits per heavy atom. The summed E-state index contributed by atoms with van der Waals surface area (Å²) in [6.07, 6.45) is 4.28. The summed E-state index contributed by atoms with van der Waals surface area (Å²) in [5, 5.41) is 18.5. The van der Waals surface area contributed by atoms with E-state index in [0.29, 0.717) is 17.7 Å². The number of rotatable bonds is 4. The maximum Gasteiger partial charge on any atom is 0.336 e. The highest BCUT2D eigenvalue weighted by atomic mass is 19.1. The topological polar surface area (TPSA) is 86.0 Å². The van der Waals surface area contributed by atoms with Crippen molar-refractivity contribution in [1.82, 2.24) is 24.7 Å². The minimum absolute atomic E-state index is 0.0125. The van der Waals surface area contributed by atoms with Gasteiger partial charge in [-0.3, -0.25) is 0 Å². The van der Waals surface area contributed by atoms with E-state index in [9.17, 15) is 9.50 Å². The van der Waals surface area contributed by atoms with Crippen molar-refractivity contribution in [1.29, 1.82) is 0 Å². The number of nitrogens with zero attached hydrogens (tertiary/aromatic N) is 5. The number of imidazole rings is 1. The van der Waals surface area contributed by atoms with E-state index in [2.05, 4.69) is 20.2 Å². The van der Waals surface area contributed by atoms with Crippen LogP contribution in [0.25, 0.3) is 16.9 Å². The zero-order chi connectivity index (χ0) is 21.8. The molecule has 31 heavy (non-hydrogen) atoms. The number of benzene rings is 1. The van der Waals surface area contributed by atoms with Gasteiger partial charge in [0, 0.05) is 34.9 Å². The Morgan fingerprint density at radius 3 is 2.68 bits per heavy atom. The Labute approximate surface area is 178 Å². The number of aromatic hydroxyl groups is 1. The van der Waals surface area contributed by atoms with E-state index in [1.807, 2.05) is 13.0 Å². The number of fused-ring (bicyclic) bond motifs is 2. The third-order valence-electron chi connectivity index (χ3n) is 6.73. The molecular weight excluding hydrogens is 404 g/mol. The lowest BCUT2D eigenvalue weighted by Gasteiger charge is -2.42. The van der Waals surface area contributed by atoms with E-state index in [1.54, 1.807) is 42.3 Å². The number of halogens is 2. The fourth-order valence-electron chi connectivity index (χ4n) is 5.17. The first-order valence-electron chi connectivity index (χ1n) is 10.2. The predicted octanol–water partition coefficient (Wildman–Crippen LogP) is 4.06. The van der Waals surface area contributed by atoms with Gasteiger partial charge >= 0.3 is 6.01 Å². The zero-order valence-corrected chi connectivity index (χ0v) is 17.2. The smallest absolute Gasteiger partial charge is 0.336 e. The second-order valence-electron chi connectivity index (χ2n) is 9.22. The maximum atomic E-state index is 15.1. The van der Waals surface area contributed by atoms with Gasteiger partial charge in [-0.05, 0) is 31.4 Å². The van der Waals surface area contributed by atoms with Crippen LogP contribution in [0, 0.1) is 10.8 Å². The standard InChI is InChI=1S/C22H23F2N5O2/c1-21-8-17(19(24)22(2,11-21)9-18(21)23)31-20-26-10-15(27-28-20)14-4-3-13(7-16(14)30)29-6-5-25-12-29/h3-7,10,12,17-19,30H,8-9,11H2,1-2H3/t17-,18+,19+,21-,22-/m1/s1. The fraction of sp³-hybridized carbons (Fsp3) is 0.455. The summed E-state index contributed by atoms with van der Waals surface area (Å²) < 4.78 is 37.1. The van der Waals surface area contributed by atoms with Gasteiger partial charge in [-0.15, -0.1) is 5.10 Å². The Bertz CT molecular complexity index is 1090. The lowest BCUT2D eigenvalue weighted by molar-refractivity contribution is -0.0493. The number of hydrogen-bond donors (Lipinski definition) is 1. The number of phenols is 1. The summed E-state index contributed by atoms with van der Waals surface area (Å²) in [4.78, 5) is 8.13. The van der Waals surface area contributed by atoms with E-state index < -0.39 is 29.3 Å². The molecule has 1 aromatic carbocycles. The Hall–Kier alpha value is -3.10. The van der Waals surface area contributed by atoms with E-state index in [-0.39, 0.29) is 24.6 Å². The first-order chi connectivity index (χ1) is 14.8. The van der Waals surface area contributed by atoms with Gasteiger partial charge in [-0.2, -0.15) is 0 Å². The van der Waals surface area contributed by atoms with Crippen LogP contribution in [0.2, 0.25) is 0 Å². The molecule has 2 aliphatic carbocycles. The van der Waals surface area contributed by atoms with Crippen LogP contribution in [0.3, 0.4) is 0 Å².